The predicted octanol–water partition coefficient (Wildman–Crippen LogP) is 3.48. The van der Waals surface area contributed by atoms with Crippen LogP contribution in [0.2, 0.25) is 5.02 Å². The highest BCUT2D eigenvalue weighted by molar-refractivity contribution is 7.85. The maximum atomic E-state index is 10.9. The first-order valence-electron chi connectivity index (χ1n) is 5.64. The molecule has 0 saturated heterocycles. The van der Waals surface area contributed by atoms with Gasteiger partial charge >= 0.3 is 0 Å². The fourth-order valence-electron chi connectivity index (χ4n) is 1.65. The second-order valence-electron chi connectivity index (χ2n) is 4.14. The molecule has 0 amide bonds. The Balaban J connectivity index is 2.23. The van der Waals surface area contributed by atoms with Crippen molar-refractivity contribution in [3.63, 3.8) is 0 Å². The number of rotatable bonds is 4. The van der Waals surface area contributed by atoms with Crippen LogP contribution in [-0.4, -0.2) is 14.7 Å². The van der Waals surface area contributed by atoms with Crippen LogP contribution in [0.15, 0.2) is 48.5 Å². The van der Waals surface area contributed by atoms with Gasteiger partial charge in [0.1, 0.15) is 0 Å². The van der Waals surface area contributed by atoms with E-state index >= 15 is 0 Å². The van der Waals surface area contributed by atoms with Crippen molar-refractivity contribution in [1.82, 2.24) is 0 Å². The highest BCUT2D eigenvalue weighted by atomic mass is 35.5. The maximum absolute atomic E-state index is 10.9. The van der Waals surface area contributed by atoms with Gasteiger partial charge in [0, 0.05) is 5.02 Å². The van der Waals surface area contributed by atoms with E-state index in [1.165, 1.54) is 0 Å². The molecule has 2 rings (SSSR count). The zero-order valence-corrected chi connectivity index (χ0v) is 11.9. The molecule has 0 atom stereocenters. The molecule has 0 unspecified atom stereocenters. The lowest BCUT2D eigenvalue weighted by Crippen LogP contribution is -2.03. The van der Waals surface area contributed by atoms with E-state index in [9.17, 15) is 8.42 Å². The second kappa shape index (κ2) is 5.74. The van der Waals surface area contributed by atoms with Crippen molar-refractivity contribution in [2.75, 3.05) is 6.26 Å². The van der Waals surface area contributed by atoms with Crippen LogP contribution >= 0.6 is 11.6 Å². The molecule has 0 spiro atoms. The summed E-state index contributed by atoms with van der Waals surface area (Å²) >= 11 is 6.13. The van der Waals surface area contributed by atoms with Crippen LogP contribution in [0.1, 0.15) is 5.56 Å². The summed E-state index contributed by atoms with van der Waals surface area (Å²) in [5.74, 6) is 0. The smallest absolute Gasteiger partial charge is 0.264 e. The summed E-state index contributed by atoms with van der Waals surface area (Å²) in [6.45, 7) is -0.0489. The molecule has 0 saturated carbocycles. The van der Waals surface area contributed by atoms with Crippen LogP contribution in [0.4, 0.5) is 0 Å². The lowest BCUT2D eigenvalue weighted by Gasteiger charge is -2.07. The molecule has 0 heterocycles. The zero-order valence-electron chi connectivity index (χ0n) is 10.3. The highest BCUT2D eigenvalue weighted by Crippen LogP contribution is 2.26. The van der Waals surface area contributed by atoms with Crippen molar-refractivity contribution in [2.24, 2.45) is 0 Å². The number of benzene rings is 2. The normalized spacial score (nSPS) is 11.5. The average molecular weight is 297 g/mol. The summed E-state index contributed by atoms with van der Waals surface area (Å²) in [5, 5.41) is 0.491. The van der Waals surface area contributed by atoms with Gasteiger partial charge in [0.25, 0.3) is 10.1 Å². The standard InChI is InChI=1S/C14H13ClO3S/c1-19(16,17)18-10-13-8-7-12(9-14(13)15)11-5-3-2-4-6-11/h2-9H,10H2,1H3. The Bertz CT molecular complexity index is 666. The first-order valence-corrected chi connectivity index (χ1v) is 7.83. The van der Waals surface area contributed by atoms with Crippen molar-refractivity contribution in [1.29, 1.82) is 0 Å². The molecule has 100 valence electrons. The minimum atomic E-state index is -3.46. The molecule has 5 heteroatoms. The van der Waals surface area contributed by atoms with Gasteiger partial charge in [-0.1, -0.05) is 54.1 Å². The van der Waals surface area contributed by atoms with E-state index in [-0.39, 0.29) is 6.61 Å². The van der Waals surface area contributed by atoms with Gasteiger partial charge in [0.2, 0.25) is 0 Å². The van der Waals surface area contributed by atoms with E-state index < -0.39 is 10.1 Å². The topological polar surface area (TPSA) is 43.4 Å². The molecule has 19 heavy (non-hydrogen) atoms. The Kier molecular flexibility index (Phi) is 4.24. The SMILES string of the molecule is CS(=O)(=O)OCc1ccc(-c2ccccc2)cc1Cl. The summed E-state index contributed by atoms with van der Waals surface area (Å²) < 4.78 is 26.6. The van der Waals surface area contributed by atoms with Gasteiger partial charge in [-0.15, -0.1) is 0 Å². The maximum Gasteiger partial charge on any atom is 0.264 e. The molecule has 0 aliphatic heterocycles. The Morgan fingerprint density at radius 3 is 2.32 bits per heavy atom. The van der Waals surface area contributed by atoms with E-state index in [4.69, 9.17) is 15.8 Å². The molecule has 3 nitrogen and oxygen atoms in total. The fraction of sp³-hybridized carbons (Fsp3) is 0.143. The van der Waals surface area contributed by atoms with Gasteiger partial charge in [0.05, 0.1) is 12.9 Å². The third-order valence-electron chi connectivity index (χ3n) is 2.59. The molecule has 2 aromatic carbocycles. The molecule has 0 radical (unpaired) electrons. The van der Waals surface area contributed by atoms with Crippen LogP contribution in [-0.2, 0) is 20.9 Å². The van der Waals surface area contributed by atoms with Gasteiger partial charge in [-0.3, -0.25) is 4.18 Å². The lowest BCUT2D eigenvalue weighted by molar-refractivity contribution is 0.312. The monoisotopic (exact) mass is 296 g/mol. The number of hydrogen-bond donors (Lipinski definition) is 0. The van der Waals surface area contributed by atoms with Crippen LogP contribution in [0.3, 0.4) is 0 Å². The van der Waals surface area contributed by atoms with Gasteiger partial charge in [-0.2, -0.15) is 8.42 Å². The second-order valence-corrected chi connectivity index (χ2v) is 6.19. The van der Waals surface area contributed by atoms with Crippen molar-refractivity contribution in [3.8, 4) is 11.1 Å². The molecular weight excluding hydrogens is 284 g/mol. The zero-order chi connectivity index (χ0) is 13.9. The van der Waals surface area contributed by atoms with Gasteiger partial charge in [0.15, 0.2) is 0 Å². The van der Waals surface area contributed by atoms with E-state index in [1.54, 1.807) is 12.1 Å². The lowest BCUT2D eigenvalue weighted by atomic mass is 10.0. The van der Waals surface area contributed by atoms with Crippen molar-refractivity contribution >= 4 is 21.7 Å². The minimum absolute atomic E-state index is 0.0489. The molecule has 0 aromatic heterocycles. The highest BCUT2D eigenvalue weighted by Gasteiger charge is 2.07. The molecule has 0 aliphatic rings. The third-order valence-corrected chi connectivity index (χ3v) is 3.49. The van der Waals surface area contributed by atoms with Crippen molar-refractivity contribution in [3.05, 3.63) is 59.1 Å². The summed E-state index contributed by atoms with van der Waals surface area (Å²) in [6.07, 6.45) is 1.01. The van der Waals surface area contributed by atoms with E-state index in [1.807, 2.05) is 36.4 Å². The molecular formula is C14H13ClO3S. The Hall–Kier alpha value is -1.36. The van der Waals surface area contributed by atoms with E-state index in [2.05, 4.69) is 0 Å². The van der Waals surface area contributed by atoms with Gasteiger partial charge in [-0.25, -0.2) is 0 Å². The van der Waals surface area contributed by atoms with Gasteiger partial charge < -0.3 is 0 Å². The van der Waals surface area contributed by atoms with Crippen LogP contribution in [0.5, 0.6) is 0 Å². The van der Waals surface area contributed by atoms with Crippen LogP contribution in [0.25, 0.3) is 11.1 Å². The fourth-order valence-corrected chi connectivity index (χ4v) is 2.22. The van der Waals surface area contributed by atoms with E-state index in [0.29, 0.717) is 10.6 Å². The summed E-state index contributed by atoms with van der Waals surface area (Å²) in [4.78, 5) is 0. The van der Waals surface area contributed by atoms with Crippen LogP contribution < -0.4 is 0 Å². The summed E-state index contributed by atoms with van der Waals surface area (Å²) in [7, 11) is -3.46. The largest absolute Gasteiger partial charge is 0.265 e. The predicted molar refractivity (Wildman–Crippen MR) is 76.5 cm³/mol. The van der Waals surface area contributed by atoms with Crippen molar-refractivity contribution < 1.29 is 12.6 Å². The van der Waals surface area contributed by atoms with Gasteiger partial charge in [-0.05, 0) is 22.8 Å². The third kappa shape index (κ3) is 4.06. The Labute approximate surface area is 117 Å². The van der Waals surface area contributed by atoms with E-state index in [0.717, 1.165) is 17.4 Å². The first kappa shape index (κ1) is 14.1. The summed E-state index contributed by atoms with van der Waals surface area (Å²) in [6, 6.07) is 15.3. The molecule has 2 aromatic rings. The number of hydrogen-bond acceptors (Lipinski definition) is 3. The molecule has 0 bridgehead atoms. The van der Waals surface area contributed by atoms with Crippen LogP contribution in [0, 0.1) is 0 Å². The first-order chi connectivity index (χ1) is 8.96. The molecule has 0 aliphatic carbocycles. The molecule has 0 fully saturated rings. The Morgan fingerprint density at radius 1 is 1.05 bits per heavy atom. The minimum Gasteiger partial charge on any atom is -0.265 e. The average Bonchev–Trinajstić information content (AvgIpc) is 2.37. The molecule has 0 N–H and O–H groups in total. The summed E-state index contributed by atoms with van der Waals surface area (Å²) in [5.41, 5.74) is 2.68. The number of halogens is 1. The quantitative estimate of drug-likeness (QED) is 0.811. The Morgan fingerprint density at radius 2 is 1.74 bits per heavy atom. The van der Waals surface area contributed by atoms with Crippen molar-refractivity contribution in [2.45, 2.75) is 6.61 Å².